The van der Waals surface area contributed by atoms with Gasteiger partial charge in [0.05, 0.1) is 0 Å². The zero-order valence-corrected chi connectivity index (χ0v) is 12.2. The van der Waals surface area contributed by atoms with Crippen molar-refractivity contribution in [2.75, 3.05) is 5.32 Å². The number of phenolic OH excluding ortho intramolecular Hbond substituents is 1. The molecular formula is C15H25NO2. The molecule has 1 unspecified atom stereocenters. The minimum absolute atomic E-state index is 0.0295. The Hall–Kier alpha value is -1.51. The minimum Gasteiger partial charge on any atom is -0.508 e. The van der Waals surface area contributed by atoms with Crippen molar-refractivity contribution in [3.05, 3.63) is 24.3 Å². The van der Waals surface area contributed by atoms with Gasteiger partial charge in [0.1, 0.15) is 5.75 Å². The van der Waals surface area contributed by atoms with Crippen LogP contribution in [0, 0.1) is 11.3 Å². The van der Waals surface area contributed by atoms with Gasteiger partial charge in [-0.3, -0.25) is 4.79 Å². The van der Waals surface area contributed by atoms with Crippen molar-refractivity contribution in [2.45, 2.75) is 41.5 Å². The molecule has 0 bridgehead atoms. The molecule has 0 heterocycles. The Balaban J connectivity index is 0.00000137. The molecule has 0 aliphatic rings. The lowest BCUT2D eigenvalue weighted by atomic mass is 9.81. The zero-order valence-electron chi connectivity index (χ0n) is 12.2. The lowest BCUT2D eigenvalue weighted by molar-refractivity contribution is -0.122. The van der Waals surface area contributed by atoms with Crippen molar-refractivity contribution in [1.82, 2.24) is 0 Å². The summed E-state index contributed by atoms with van der Waals surface area (Å²) in [6, 6.07) is 6.57. The third kappa shape index (κ3) is 5.21. The predicted molar refractivity (Wildman–Crippen MR) is 76.7 cm³/mol. The first-order chi connectivity index (χ1) is 8.30. The van der Waals surface area contributed by atoms with E-state index in [9.17, 15) is 9.90 Å². The molecule has 1 aromatic rings. The van der Waals surface area contributed by atoms with Gasteiger partial charge in [-0.25, -0.2) is 0 Å². The number of anilines is 1. The number of amides is 1. The second-order valence-electron chi connectivity index (χ2n) is 5.13. The van der Waals surface area contributed by atoms with E-state index in [-0.39, 0.29) is 23.0 Å². The van der Waals surface area contributed by atoms with Crippen LogP contribution in [0.25, 0.3) is 0 Å². The average molecular weight is 251 g/mol. The van der Waals surface area contributed by atoms with Crippen LogP contribution in [0.5, 0.6) is 5.75 Å². The molecule has 3 nitrogen and oxygen atoms in total. The van der Waals surface area contributed by atoms with Crippen molar-refractivity contribution in [1.29, 1.82) is 0 Å². The molecule has 0 spiro atoms. The molecule has 1 atom stereocenters. The number of aromatic hydroxyl groups is 1. The highest BCUT2D eigenvalue weighted by Gasteiger charge is 2.26. The molecule has 2 N–H and O–H groups in total. The van der Waals surface area contributed by atoms with Gasteiger partial charge in [-0.15, -0.1) is 0 Å². The van der Waals surface area contributed by atoms with Gasteiger partial charge in [-0.05, 0) is 17.5 Å². The molecule has 0 aliphatic heterocycles. The van der Waals surface area contributed by atoms with Crippen molar-refractivity contribution in [2.24, 2.45) is 11.3 Å². The highest BCUT2D eigenvalue weighted by atomic mass is 16.3. The highest BCUT2D eigenvalue weighted by Crippen LogP contribution is 2.26. The maximum atomic E-state index is 11.9. The van der Waals surface area contributed by atoms with Gasteiger partial charge in [-0.1, -0.05) is 47.6 Å². The number of benzene rings is 1. The van der Waals surface area contributed by atoms with Crippen molar-refractivity contribution < 1.29 is 9.90 Å². The molecule has 18 heavy (non-hydrogen) atoms. The molecule has 0 saturated heterocycles. The number of nitrogens with one attached hydrogen (secondary N) is 1. The fourth-order valence-electron chi connectivity index (χ4n) is 1.23. The van der Waals surface area contributed by atoms with E-state index in [1.807, 2.05) is 41.5 Å². The molecular weight excluding hydrogens is 226 g/mol. The number of carbonyl (C=O) groups excluding carboxylic acids is 1. The monoisotopic (exact) mass is 251 g/mol. The Morgan fingerprint density at radius 2 is 1.83 bits per heavy atom. The van der Waals surface area contributed by atoms with Crippen molar-refractivity contribution >= 4 is 11.6 Å². The average Bonchev–Trinajstić information content (AvgIpc) is 2.29. The van der Waals surface area contributed by atoms with Gasteiger partial charge in [0, 0.05) is 17.7 Å². The van der Waals surface area contributed by atoms with E-state index < -0.39 is 0 Å². The first kappa shape index (κ1) is 16.5. The summed E-state index contributed by atoms with van der Waals surface area (Å²) in [6.07, 6.45) is 0. The van der Waals surface area contributed by atoms with E-state index in [4.69, 9.17) is 0 Å². The number of rotatable bonds is 2. The van der Waals surface area contributed by atoms with Gasteiger partial charge in [-0.2, -0.15) is 0 Å². The third-order valence-electron chi connectivity index (χ3n) is 2.81. The standard InChI is InChI=1S/C13H19NO2.C2H6/c1-9(13(2,3)4)12(16)14-10-6-5-7-11(15)8-10;1-2/h5-9,15H,1-4H3,(H,14,16);1-2H3. The summed E-state index contributed by atoms with van der Waals surface area (Å²) in [6.45, 7) is 12.0. The molecule has 0 saturated carbocycles. The Labute approximate surface area is 110 Å². The summed E-state index contributed by atoms with van der Waals surface area (Å²) in [5, 5.41) is 12.1. The van der Waals surface area contributed by atoms with Crippen LogP contribution in [-0.4, -0.2) is 11.0 Å². The first-order valence-corrected chi connectivity index (χ1v) is 6.40. The summed E-state index contributed by atoms with van der Waals surface area (Å²) >= 11 is 0. The molecule has 3 heteroatoms. The molecule has 1 amide bonds. The highest BCUT2D eigenvalue weighted by molar-refractivity contribution is 5.92. The number of phenols is 1. The largest absolute Gasteiger partial charge is 0.508 e. The van der Waals surface area contributed by atoms with Crippen LogP contribution in [0.1, 0.15) is 41.5 Å². The summed E-state index contributed by atoms with van der Waals surface area (Å²) in [4.78, 5) is 11.9. The van der Waals surface area contributed by atoms with Crippen LogP contribution in [0.4, 0.5) is 5.69 Å². The van der Waals surface area contributed by atoms with E-state index in [2.05, 4.69) is 5.32 Å². The van der Waals surface area contributed by atoms with Gasteiger partial charge in [0.2, 0.25) is 5.91 Å². The summed E-state index contributed by atoms with van der Waals surface area (Å²) in [5.74, 6) is 0.0363. The van der Waals surface area contributed by atoms with Crippen LogP contribution in [0.2, 0.25) is 0 Å². The Morgan fingerprint density at radius 3 is 2.28 bits per heavy atom. The van der Waals surface area contributed by atoms with Gasteiger partial charge in [0.25, 0.3) is 0 Å². The van der Waals surface area contributed by atoms with Crippen LogP contribution < -0.4 is 5.32 Å². The molecule has 1 rings (SSSR count). The maximum Gasteiger partial charge on any atom is 0.227 e. The van der Waals surface area contributed by atoms with E-state index in [0.717, 1.165) is 0 Å². The minimum atomic E-state index is -0.0881. The van der Waals surface area contributed by atoms with Crippen LogP contribution in [0.3, 0.4) is 0 Å². The summed E-state index contributed by atoms with van der Waals surface area (Å²) in [7, 11) is 0. The normalized spacial score (nSPS) is 12.1. The van der Waals surface area contributed by atoms with Crippen molar-refractivity contribution in [3.8, 4) is 5.75 Å². The van der Waals surface area contributed by atoms with Gasteiger partial charge in [0.15, 0.2) is 0 Å². The van der Waals surface area contributed by atoms with Crippen LogP contribution in [-0.2, 0) is 4.79 Å². The summed E-state index contributed by atoms with van der Waals surface area (Å²) in [5.41, 5.74) is 0.557. The van der Waals surface area contributed by atoms with Crippen molar-refractivity contribution in [3.63, 3.8) is 0 Å². The third-order valence-corrected chi connectivity index (χ3v) is 2.81. The smallest absolute Gasteiger partial charge is 0.227 e. The van der Waals surface area contributed by atoms with Crippen LogP contribution >= 0.6 is 0 Å². The van der Waals surface area contributed by atoms with Gasteiger partial charge >= 0.3 is 0 Å². The topological polar surface area (TPSA) is 49.3 Å². The zero-order chi connectivity index (χ0) is 14.3. The van der Waals surface area contributed by atoms with E-state index in [0.29, 0.717) is 5.69 Å². The Bertz CT molecular complexity index is 380. The molecule has 0 aromatic heterocycles. The molecule has 1 aromatic carbocycles. The summed E-state index contributed by atoms with van der Waals surface area (Å²) < 4.78 is 0. The second kappa shape index (κ2) is 7.04. The Morgan fingerprint density at radius 1 is 1.28 bits per heavy atom. The second-order valence-corrected chi connectivity index (χ2v) is 5.13. The molecule has 0 aliphatic carbocycles. The lowest BCUT2D eigenvalue weighted by Crippen LogP contribution is -2.30. The van der Waals surface area contributed by atoms with Crippen LogP contribution in [0.15, 0.2) is 24.3 Å². The quantitative estimate of drug-likeness (QED) is 0.833. The first-order valence-electron chi connectivity index (χ1n) is 6.40. The fourth-order valence-corrected chi connectivity index (χ4v) is 1.23. The molecule has 0 radical (unpaired) electrons. The SMILES string of the molecule is CC.CC(C(=O)Nc1cccc(O)c1)C(C)(C)C. The molecule has 0 fully saturated rings. The Kier molecular flexibility index (Phi) is 6.45. The van der Waals surface area contributed by atoms with E-state index >= 15 is 0 Å². The number of hydrogen-bond acceptors (Lipinski definition) is 2. The maximum absolute atomic E-state index is 11.9. The lowest BCUT2D eigenvalue weighted by Gasteiger charge is -2.26. The van der Waals surface area contributed by atoms with Gasteiger partial charge < -0.3 is 10.4 Å². The predicted octanol–water partition coefficient (Wildman–Crippen LogP) is 4.04. The fraction of sp³-hybridized carbons (Fsp3) is 0.533. The number of carbonyl (C=O) groups is 1. The van der Waals surface area contributed by atoms with E-state index in [1.54, 1.807) is 18.2 Å². The van der Waals surface area contributed by atoms with E-state index in [1.165, 1.54) is 6.07 Å². The number of hydrogen-bond donors (Lipinski definition) is 2. The molecule has 102 valence electrons.